The number of thioether (sulfide) groups is 1. The zero-order valence-corrected chi connectivity index (χ0v) is 12.0. The maximum atomic E-state index is 12.0. The molecule has 0 aromatic carbocycles. The number of likely N-dealkylation sites (tertiary alicyclic amines) is 1. The first-order valence-corrected chi connectivity index (χ1v) is 8.02. The van der Waals surface area contributed by atoms with E-state index in [0.717, 1.165) is 43.9 Å². The number of hydrogen-bond donors (Lipinski definition) is 1. The summed E-state index contributed by atoms with van der Waals surface area (Å²) in [6.07, 6.45) is 5.93. The van der Waals surface area contributed by atoms with Crippen molar-refractivity contribution in [2.45, 2.75) is 52.0 Å². The molecule has 100 valence electrons. The van der Waals surface area contributed by atoms with Gasteiger partial charge in [0, 0.05) is 19.1 Å². The van der Waals surface area contributed by atoms with E-state index in [9.17, 15) is 4.79 Å². The van der Waals surface area contributed by atoms with Gasteiger partial charge in [0.05, 0.1) is 0 Å². The third-order valence-corrected chi connectivity index (χ3v) is 4.10. The zero-order chi connectivity index (χ0) is 12.5. The average Bonchev–Trinajstić information content (AvgIpc) is 2.57. The Labute approximate surface area is 110 Å². The molecule has 1 heterocycles. The molecule has 2 amide bonds. The molecule has 0 bridgehead atoms. The SMILES string of the molecule is CCSCCC(C)NC(=O)N1CCCCCC1. The first-order valence-electron chi connectivity index (χ1n) is 6.87. The van der Waals surface area contributed by atoms with E-state index in [2.05, 4.69) is 19.2 Å². The van der Waals surface area contributed by atoms with E-state index in [-0.39, 0.29) is 6.03 Å². The fourth-order valence-corrected chi connectivity index (χ4v) is 2.86. The van der Waals surface area contributed by atoms with Crippen LogP contribution in [0.4, 0.5) is 4.79 Å². The molecule has 4 heteroatoms. The topological polar surface area (TPSA) is 32.3 Å². The molecular weight excluding hydrogens is 232 g/mol. The summed E-state index contributed by atoms with van der Waals surface area (Å²) in [4.78, 5) is 14.0. The van der Waals surface area contributed by atoms with Crippen LogP contribution in [0.25, 0.3) is 0 Å². The van der Waals surface area contributed by atoms with Crippen LogP contribution in [0.3, 0.4) is 0 Å². The molecule has 1 saturated heterocycles. The van der Waals surface area contributed by atoms with Crippen LogP contribution in [0.5, 0.6) is 0 Å². The van der Waals surface area contributed by atoms with E-state index in [1.165, 1.54) is 12.8 Å². The van der Waals surface area contributed by atoms with Gasteiger partial charge in [-0.2, -0.15) is 11.8 Å². The summed E-state index contributed by atoms with van der Waals surface area (Å²) in [6.45, 7) is 6.14. The van der Waals surface area contributed by atoms with Crippen molar-refractivity contribution in [3.8, 4) is 0 Å². The van der Waals surface area contributed by atoms with E-state index in [1.54, 1.807) is 0 Å². The monoisotopic (exact) mass is 258 g/mol. The van der Waals surface area contributed by atoms with Crippen LogP contribution >= 0.6 is 11.8 Å². The molecule has 0 aromatic rings. The Hall–Kier alpha value is -0.380. The summed E-state index contributed by atoms with van der Waals surface area (Å²) >= 11 is 1.94. The van der Waals surface area contributed by atoms with E-state index >= 15 is 0 Å². The number of urea groups is 1. The van der Waals surface area contributed by atoms with Gasteiger partial charge >= 0.3 is 6.03 Å². The zero-order valence-electron chi connectivity index (χ0n) is 11.2. The van der Waals surface area contributed by atoms with Crippen LogP contribution in [-0.4, -0.2) is 41.6 Å². The highest BCUT2D eigenvalue weighted by Crippen LogP contribution is 2.10. The number of nitrogens with zero attached hydrogens (tertiary/aromatic N) is 1. The molecule has 0 radical (unpaired) electrons. The average molecular weight is 258 g/mol. The Morgan fingerprint density at radius 1 is 1.29 bits per heavy atom. The third kappa shape index (κ3) is 6.20. The summed E-state index contributed by atoms with van der Waals surface area (Å²) in [5, 5.41) is 3.11. The number of nitrogens with one attached hydrogen (secondary N) is 1. The molecule has 1 rings (SSSR count). The first-order chi connectivity index (χ1) is 8.24. The molecule has 0 aromatic heterocycles. The fraction of sp³-hybridized carbons (Fsp3) is 0.923. The standard InChI is InChI=1S/C13H26N2OS/c1-3-17-11-8-12(2)14-13(16)15-9-6-4-5-7-10-15/h12H,3-11H2,1-2H3,(H,14,16). The van der Waals surface area contributed by atoms with E-state index < -0.39 is 0 Å². The van der Waals surface area contributed by atoms with Gasteiger partial charge in [-0.05, 0) is 37.7 Å². The normalized spacial score (nSPS) is 18.6. The fourth-order valence-electron chi connectivity index (χ4n) is 2.05. The Bertz CT molecular complexity index is 215. The number of carbonyl (C=O) groups excluding carboxylic acids is 1. The Morgan fingerprint density at radius 2 is 1.94 bits per heavy atom. The number of amides is 2. The molecular formula is C13H26N2OS. The molecule has 1 unspecified atom stereocenters. The Morgan fingerprint density at radius 3 is 2.53 bits per heavy atom. The summed E-state index contributed by atoms with van der Waals surface area (Å²) in [7, 11) is 0. The second kappa shape index (κ2) is 8.67. The summed E-state index contributed by atoms with van der Waals surface area (Å²) in [6, 6.07) is 0.436. The van der Waals surface area contributed by atoms with Gasteiger partial charge < -0.3 is 10.2 Å². The maximum Gasteiger partial charge on any atom is 0.317 e. The Kier molecular flexibility index (Phi) is 7.49. The van der Waals surface area contributed by atoms with Crippen molar-refractivity contribution in [2.24, 2.45) is 0 Å². The minimum atomic E-state index is 0.140. The van der Waals surface area contributed by atoms with Crippen molar-refractivity contribution < 1.29 is 4.79 Å². The van der Waals surface area contributed by atoms with E-state index in [0.29, 0.717) is 6.04 Å². The predicted molar refractivity (Wildman–Crippen MR) is 75.7 cm³/mol. The first kappa shape index (κ1) is 14.7. The van der Waals surface area contributed by atoms with Gasteiger partial charge in [-0.15, -0.1) is 0 Å². The lowest BCUT2D eigenvalue weighted by atomic mass is 10.2. The summed E-state index contributed by atoms with van der Waals surface area (Å²) < 4.78 is 0. The predicted octanol–water partition coefficient (Wildman–Crippen LogP) is 3.10. The minimum absolute atomic E-state index is 0.140. The van der Waals surface area contributed by atoms with Crippen molar-refractivity contribution in [3.63, 3.8) is 0 Å². The van der Waals surface area contributed by atoms with Gasteiger partial charge in [-0.3, -0.25) is 0 Å². The number of rotatable bonds is 5. The largest absolute Gasteiger partial charge is 0.336 e. The lowest BCUT2D eigenvalue weighted by Crippen LogP contribution is -2.44. The minimum Gasteiger partial charge on any atom is -0.336 e. The molecule has 1 fully saturated rings. The summed E-state index contributed by atoms with van der Waals surface area (Å²) in [5.74, 6) is 2.30. The van der Waals surface area contributed by atoms with E-state index in [4.69, 9.17) is 0 Å². The van der Waals surface area contributed by atoms with Crippen molar-refractivity contribution in [1.82, 2.24) is 10.2 Å². The van der Waals surface area contributed by atoms with Crippen molar-refractivity contribution in [2.75, 3.05) is 24.6 Å². The van der Waals surface area contributed by atoms with Gasteiger partial charge in [-0.1, -0.05) is 19.8 Å². The quantitative estimate of drug-likeness (QED) is 0.769. The smallest absolute Gasteiger partial charge is 0.317 e. The van der Waals surface area contributed by atoms with Crippen LogP contribution in [0.1, 0.15) is 46.0 Å². The van der Waals surface area contributed by atoms with Crippen molar-refractivity contribution in [1.29, 1.82) is 0 Å². The van der Waals surface area contributed by atoms with Gasteiger partial charge in [0.25, 0.3) is 0 Å². The Balaban J connectivity index is 2.21. The van der Waals surface area contributed by atoms with Crippen LogP contribution in [0.2, 0.25) is 0 Å². The van der Waals surface area contributed by atoms with Crippen LogP contribution < -0.4 is 5.32 Å². The highest BCUT2D eigenvalue weighted by Gasteiger charge is 2.16. The van der Waals surface area contributed by atoms with E-state index in [1.807, 2.05) is 16.7 Å². The third-order valence-electron chi connectivity index (χ3n) is 3.16. The van der Waals surface area contributed by atoms with Crippen molar-refractivity contribution in [3.05, 3.63) is 0 Å². The number of hydrogen-bond acceptors (Lipinski definition) is 2. The molecule has 0 saturated carbocycles. The number of carbonyl (C=O) groups is 1. The van der Waals surface area contributed by atoms with Crippen LogP contribution in [-0.2, 0) is 0 Å². The van der Waals surface area contributed by atoms with Crippen molar-refractivity contribution >= 4 is 17.8 Å². The molecule has 1 atom stereocenters. The molecule has 1 N–H and O–H groups in total. The molecule has 3 nitrogen and oxygen atoms in total. The molecule has 1 aliphatic heterocycles. The van der Waals surface area contributed by atoms with Gasteiger partial charge in [0.1, 0.15) is 0 Å². The molecule has 0 spiro atoms. The van der Waals surface area contributed by atoms with Gasteiger partial charge in [0.15, 0.2) is 0 Å². The maximum absolute atomic E-state index is 12.0. The molecule has 17 heavy (non-hydrogen) atoms. The lowest BCUT2D eigenvalue weighted by molar-refractivity contribution is 0.196. The highest BCUT2D eigenvalue weighted by molar-refractivity contribution is 7.99. The van der Waals surface area contributed by atoms with Gasteiger partial charge in [0.2, 0.25) is 0 Å². The second-order valence-electron chi connectivity index (χ2n) is 4.74. The van der Waals surface area contributed by atoms with Crippen LogP contribution in [0, 0.1) is 0 Å². The molecule has 1 aliphatic rings. The second-order valence-corrected chi connectivity index (χ2v) is 6.13. The van der Waals surface area contributed by atoms with Crippen LogP contribution in [0.15, 0.2) is 0 Å². The summed E-state index contributed by atoms with van der Waals surface area (Å²) in [5.41, 5.74) is 0. The lowest BCUT2D eigenvalue weighted by Gasteiger charge is -2.23. The van der Waals surface area contributed by atoms with Gasteiger partial charge in [-0.25, -0.2) is 4.79 Å². The molecule has 0 aliphatic carbocycles. The highest BCUT2D eigenvalue weighted by atomic mass is 32.2.